The van der Waals surface area contributed by atoms with Crippen LogP contribution in [0.25, 0.3) is 0 Å². The molecule has 0 atom stereocenters. The van der Waals surface area contributed by atoms with Crippen LogP contribution >= 0.6 is 0 Å². The lowest BCUT2D eigenvalue weighted by Crippen LogP contribution is -2.14. The van der Waals surface area contributed by atoms with Crippen LogP contribution in [0.15, 0.2) is 29.0 Å². The number of aromatic nitrogens is 3. The molecule has 0 aliphatic heterocycles. The average Bonchev–Trinajstić information content (AvgIpc) is 2.86. The van der Waals surface area contributed by atoms with Crippen LogP contribution in [0.4, 0.5) is 5.69 Å². The molecule has 2 rings (SSSR count). The Morgan fingerprint density at radius 1 is 1.40 bits per heavy atom. The molecular weight excluding hydrogens is 256 g/mol. The van der Waals surface area contributed by atoms with Gasteiger partial charge in [0.1, 0.15) is 0 Å². The number of carbonyl (C=O) groups is 1. The van der Waals surface area contributed by atoms with Crippen molar-refractivity contribution in [3.63, 3.8) is 0 Å². The highest BCUT2D eigenvalue weighted by Crippen LogP contribution is 2.18. The van der Waals surface area contributed by atoms with Gasteiger partial charge in [0, 0.05) is 24.5 Å². The first-order valence-electron chi connectivity index (χ1n) is 6.48. The number of nitrogens with one attached hydrogen (secondary N) is 1. The van der Waals surface area contributed by atoms with E-state index >= 15 is 0 Å². The number of nitrogens with zero attached hydrogens (tertiary/aromatic N) is 3. The predicted molar refractivity (Wildman–Crippen MR) is 74.2 cm³/mol. The third-order valence-electron chi connectivity index (χ3n) is 2.65. The minimum Gasteiger partial charge on any atom is -0.339 e. The van der Waals surface area contributed by atoms with Crippen molar-refractivity contribution in [1.82, 2.24) is 15.1 Å². The fourth-order valence-corrected chi connectivity index (χ4v) is 1.54. The molecule has 1 amide bonds. The van der Waals surface area contributed by atoms with Crippen LogP contribution in [0, 0.1) is 0 Å². The van der Waals surface area contributed by atoms with E-state index in [9.17, 15) is 4.79 Å². The van der Waals surface area contributed by atoms with Gasteiger partial charge in [-0.2, -0.15) is 4.98 Å². The summed E-state index contributed by atoms with van der Waals surface area (Å²) in [6.07, 6.45) is 3.97. The topological polar surface area (TPSA) is 80.9 Å². The van der Waals surface area contributed by atoms with E-state index < -0.39 is 0 Å². The molecule has 1 N–H and O–H groups in total. The Morgan fingerprint density at radius 3 is 2.80 bits per heavy atom. The van der Waals surface area contributed by atoms with Crippen molar-refractivity contribution < 1.29 is 9.32 Å². The normalized spacial score (nSPS) is 11.3. The minimum absolute atomic E-state index is 0.103. The fourth-order valence-electron chi connectivity index (χ4n) is 1.54. The Hall–Kier alpha value is -2.24. The Kier molecular flexibility index (Phi) is 4.12. The number of aryl methyl sites for hydroxylation is 1. The smallest absolute Gasteiger partial charge is 0.227 e. The zero-order chi connectivity index (χ0) is 14.6. The molecule has 0 unspecified atom stereocenters. The summed E-state index contributed by atoms with van der Waals surface area (Å²) in [5, 5.41) is 6.68. The van der Waals surface area contributed by atoms with Crippen LogP contribution in [0.5, 0.6) is 0 Å². The Balaban J connectivity index is 1.86. The molecule has 0 bridgehead atoms. The Bertz CT molecular complexity index is 572. The van der Waals surface area contributed by atoms with Crippen molar-refractivity contribution in [1.29, 1.82) is 0 Å². The maximum Gasteiger partial charge on any atom is 0.227 e. The fraction of sp³-hybridized carbons (Fsp3) is 0.429. The number of anilines is 1. The second-order valence-corrected chi connectivity index (χ2v) is 5.55. The van der Waals surface area contributed by atoms with Crippen LogP contribution in [-0.2, 0) is 16.6 Å². The second-order valence-electron chi connectivity index (χ2n) is 5.55. The lowest BCUT2D eigenvalue weighted by atomic mass is 9.96. The first kappa shape index (κ1) is 14.2. The average molecular weight is 274 g/mol. The molecule has 20 heavy (non-hydrogen) atoms. The molecule has 6 heteroatoms. The lowest BCUT2D eigenvalue weighted by Gasteiger charge is -2.10. The van der Waals surface area contributed by atoms with Gasteiger partial charge < -0.3 is 9.84 Å². The first-order valence-corrected chi connectivity index (χ1v) is 6.48. The summed E-state index contributed by atoms with van der Waals surface area (Å²) in [7, 11) is 0. The second kappa shape index (κ2) is 5.81. The van der Waals surface area contributed by atoms with Crippen molar-refractivity contribution in [3.8, 4) is 0 Å². The molecule has 106 valence electrons. The highest BCUT2D eigenvalue weighted by molar-refractivity contribution is 5.90. The summed E-state index contributed by atoms with van der Waals surface area (Å²) in [6, 6.07) is 3.55. The number of carbonyl (C=O) groups excluding carboxylic acids is 1. The third kappa shape index (κ3) is 3.88. The molecule has 0 aromatic carbocycles. The lowest BCUT2D eigenvalue weighted by molar-refractivity contribution is -0.116. The number of amides is 1. The first-order chi connectivity index (χ1) is 9.45. The molecule has 0 aliphatic rings. The maximum atomic E-state index is 11.8. The molecule has 0 radical (unpaired) electrons. The van der Waals surface area contributed by atoms with Gasteiger partial charge in [-0.1, -0.05) is 25.9 Å². The van der Waals surface area contributed by atoms with E-state index in [4.69, 9.17) is 4.52 Å². The van der Waals surface area contributed by atoms with E-state index in [-0.39, 0.29) is 11.3 Å². The summed E-state index contributed by atoms with van der Waals surface area (Å²) in [4.78, 5) is 20.0. The molecule has 2 heterocycles. The van der Waals surface area contributed by atoms with Gasteiger partial charge in [-0.25, -0.2) is 0 Å². The molecular formula is C14H18N4O2. The number of hydrogen-bond donors (Lipinski definition) is 1. The van der Waals surface area contributed by atoms with Gasteiger partial charge >= 0.3 is 0 Å². The quantitative estimate of drug-likeness (QED) is 0.925. The summed E-state index contributed by atoms with van der Waals surface area (Å²) in [6.45, 7) is 6.03. The van der Waals surface area contributed by atoms with Crippen molar-refractivity contribution in [2.75, 3.05) is 5.32 Å². The van der Waals surface area contributed by atoms with Crippen LogP contribution in [-0.4, -0.2) is 21.0 Å². The largest absolute Gasteiger partial charge is 0.339 e. The number of rotatable bonds is 4. The molecule has 0 spiro atoms. The highest BCUT2D eigenvalue weighted by Gasteiger charge is 2.21. The van der Waals surface area contributed by atoms with Crippen LogP contribution in [0.2, 0.25) is 0 Å². The van der Waals surface area contributed by atoms with Crippen molar-refractivity contribution >= 4 is 11.6 Å². The summed E-state index contributed by atoms with van der Waals surface area (Å²) < 4.78 is 5.14. The van der Waals surface area contributed by atoms with Gasteiger partial charge in [-0.3, -0.25) is 9.78 Å². The number of hydrogen-bond acceptors (Lipinski definition) is 5. The van der Waals surface area contributed by atoms with E-state index in [1.165, 1.54) is 0 Å². The van der Waals surface area contributed by atoms with Crippen LogP contribution in [0.3, 0.4) is 0 Å². The minimum atomic E-state index is -0.153. The molecule has 0 saturated heterocycles. The number of pyridine rings is 1. The van der Waals surface area contributed by atoms with Gasteiger partial charge in [0.25, 0.3) is 0 Å². The van der Waals surface area contributed by atoms with Gasteiger partial charge in [-0.15, -0.1) is 0 Å². The zero-order valence-electron chi connectivity index (χ0n) is 11.9. The Morgan fingerprint density at radius 2 is 2.20 bits per heavy atom. The van der Waals surface area contributed by atoms with Gasteiger partial charge in [0.2, 0.25) is 11.8 Å². The summed E-state index contributed by atoms with van der Waals surface area (Å²) in [5.74, 6) is 1.03. The molecule has 6 nitrogen and oxygen atoms in total. The molecule has 2 aromatic rings. The zero-order valence-corrected chi connectivity index (χ0v) is 11.9. The maximum absolute atomic E-state index is 11.8. The summed E-state index contributed by atoms with van der Waals surface area (Å²) >= 11 is 0. The van der Waals surface area contributed by atoms with E-state index in [0.717, 1.165) is 0 Å². The van der Waals surface area contributed by atoms with Crippen LogP contribution in [0.1, 0.15) is 38.9 Å². The molecule has 0 saturated carbocycles. The third-order valence-corrected chi connectivity index (χ3v) is 2.65. The van der Waals surface area contributed by atoms with Crippen molar-refractivity contribution in [2.45, 2.75) is 39.0 Å². The standard InChI is InChI=1S/C14H18N4O2/c1-14(2,3)13-17-12(20-18-13)7-6-11(19)16-10-5-4-8-15-9-10/h4-5,8-9H,6-7H2,1-3H3,(H,16,19). The van der Waals surface area contributed by atoms with E-state index in [2.05, 4.69) is 20.4 Å². The molecule has 2 aromatic heterocycles. The SMILES string of the molecule is CC(C)(C)c1noc(CCC(=O)Nc2cccnc2)n1. The summed E-state index contributed by atoms with van der Waals surface area (Å²) in [5.41, 5.74) is 0.526. The monoisotopic (exact) mass is 274 g/mol. The van der Waals surface area contributed by atoms with Gasteiger partial charge in [0.05, 0.1) is 11.9 Å². The van der Waals surface area contributed by atoms with E-state index in [1.54, 1.807) is 24.5 Å². The van der Waals surface area contributed by atoms with E-state index in [1.807, 2.05) is 20.8 Å². The van der Waals surface area contributed by atoms with Gasteiger partial charge in [-0.05, 0) is 12.1 Å². The van der Waals surface area contributed by atoms with Crippen molar-refractivity contribution in [2.24, 2.45) is 0 Å². The van der Waals surface area contributed by atoms with Crippen LogP contribution < -0.4 is 5.32 Å². The Labute approximate surface area is 117 Å². The van der Waals surface area contributed by atoms with Crippen molar-refractivity contribution in [3.05, 3.63) is 36.2 Å². The molecule has 0 fully saturated rings. The van der Waals surface area contributed by atoms with E-state index in [0.29, 0.717) is 30.2 Å². The highest BCUT2D eigenvalue weighted by atomic mass is 16.5. The van der Waals surface area contributed by atoms with Gasteiger partial charge in [0.15, 0.2) is 5.82 Å². The predicted octanol–water partition coefficient (Wildman–Crippen LogP) is 2.33. The molecule has 0 aliphatic carbocycles.